The summed E-state index contributed by atoms with van der Waals surface area (Å²) < 4.78 is 0. The quantitative estimate of drug-likeness (QED) is 0.403. The van der Waals surface area contributed by atoms with Gasteiger partial charge >= 0.3 is 0 Å². The highest BCUT2D eigenvalue weighted by Gasteiger charge is 2.09. The van der Waals surface area contributed by atoms with E-state index in [-0.39, 0.29) is 0 Å². The summed E-state index contributed by atoms with van der Waals surface area (Å²) in [5.74, 6) is 0.878. The van der Waals surface area contributed by atoms with Crippen molar-refractivity contribution in [1.82, 2.24) is 4.98 Å². The van der Waals surface area contributed by atoms with E-state index in [4.69, 9.17) is 0 Å². The molecule has 1 N–H and O–H groups in total. The van der Waals surface area contributed by atoms with Gasteiger partial charge in [0, 0.05) is 11.9 Å². The normalized spacial score (nSPS) is 11.5. The molecule has 0 aliphatic rings. The highest BCUT2D eigenvalue weighted by Crippen LogP contribution is 2.36. The van der Waals surface area contributed by atoms with Gasteiger partial charge in [0.05, 0.1) is 0 Å². The molecule has 0 unspecified atom stereocenters. The molecule has 0 atom stereocenters. The van der Waals surface area contributed by atoms with Gasteiger partial charge in [-0.05, 0) is 69.1 Å². The van der Waals surface area contributed by atoms with Gasteiger partial charge in [0.15, 0.2) is 0 Å². The number of rotatable bonds is 2. The average Bonchev–Trinajstić information content (AvgIpc) is 2.59. The monoisotopic (exact) mass is 308 g/mol. The first-order valence-electron chi connectivity index (χ1n) is 8.15. The molecule has 5 aromatic rings. The van der Waals surface area contributed by atoms with Crippen molar-refractivity contribution in [3.05, 3.63) is 78.5 Å². The molecule has 24 heavy (non-hydrogen) atoms. The Morgan fingerprint density at radius 3 is 2.00 bits per heavy atom. The predicted octanol–water partition coefficient (Wildman–Crippen LogP) is 6.03. The first kappa shape index (κ1) is 13.3. The van der Waals surface area contributed by atoms with E-state index in [0.717, 1.165) is 11.5 Å². The SMILES string of the molecule is Cc1ccnc(Nc2cc3ccc4cccc5ccc(c2)c3c45)c1. The maximum atomic E-state index is 4.40. The summed E-state index contributed by atoms with van der Waals surface area (Å²) >= 11 is 0. The molecule has 0 amide bonds. The van der Waals surface area contributed by atoms with Gasteiger partial charge in [-0.15, -0.1) is 0 Å². The molecule has 0 spiro atoms. The van der Waals surface area contributed by atoms with Crippen LogP contribution in [0.3, 0.4) is 0 Å². The number of anilines is 2. The van der Waals surface area contributed by atoms with Crippen molar-refractivity contribution in [3.63, 3.8) is 0 Å². The number of aryl methyl sites for hydroxylation is 1. The Hall–Kier alpha value is -3.13. The van der Waals surface area contributed by atoms with Gasteiger partial charge in [-0.3, -0.25) is 0 Å². The molecule has 0 bridgehead atoms. The Morgan fingerprint density at radius 2 is 1.33 bits per heavy atom. The molecule has 1 heterocycles. The van der Waals surface area contributed by atoms with Crippen molar-refractivity contribution in [2.45, 2.75) is 6.92 Å². The minimum Gasteiger partial charge on any atom is -0.340 e. The van der Waals surface area contributed by atoms with E-state index >= 15 is 0 Å². The number of nitrogens with one attached hydrogen (secondary N) is 1. The van der Waals surface area contributed by atoms with Crippen LogP contribution in [0.15, 0.2) is 72.9 Å². The highest BCUT2D eigenvalue weighted by atomic mass is 15.0. The van der Waals surface area contributed by atoms with Crippen LogP contribution in [-0.2, 0) is 0 Å². The van der Waals surface area contributed by atoms with Crippen LogP contribution in [0, 0.1) is 6.92 Å². The number of aromatic nitrogens is 1. The van der Waals surface area contributed by atoms with Gasteiger partial charge in [-0.25, -0.2) is 4.98 Å². The van der Waals surface area contributed by atoms with Crippen molar-refractivity contribution < 1.29 is 0 Å². The Kier molecular flexibility index (Phi) is 2.74. The second-order valence-electron chi connectivity index (χ2n) is 6.35. The van der Waals surface area contributed by atoms with Crippen LogP contribution in [0.25, 0.3) is 32.3 Å². The number of hydrogen-bond acceptors (Lipinski definition) is 2. The number of pyridine rings is 1. The zero-order valence-electron chi connectivity index (χ0n) is 13.4. The fraction of sp³-hybridized carbons (Fsp3) is 0.0455. The van der Waals surface area contributed by atoms with Crippen LogP contribution in [0.2, 0.25) is 0 Å². The minimum atomic E-state index is 0.878. The molecule has 0 saturated heterocycles. The largest absolute Gasteiger partial charge is 0.340 e. The second kappa shape index (κ2) is 4.93. The van der Waals surface area contributed by atoms with Crippen LogP contribution >= 0.6 is 0 Å². The van der Waals surface area contributed by atoms with Crippen LogP contribution in [0.4, 0.5) is 11.5 Å². The average molecular weight is 308 g/mol. The lowest BCUT2D eigenvalue weighted by Crippen LogP contribution is -1.94. The summed E-state index contributed by atoms with van der Waals surface area (Å²) in [4.78, 5) is 4.40. The zero-order valence-corrected chi connectivity index (χ0v) is 13.4. The Bertz CT molecular complexity index is 1130. The molecular weight excluding hydrogens is 292 g/mol. The van der Waals surface area contributed by atoms with Gasteiger partial charge in [-0.2, -0.15) is 0 Å². The summed E-state index contributed by atoms with van der Waals surface area (Å²) in [6.07, 6.45) is 1.84. The van der Waals surface area contributed by atoms with E-state index in [1.807, 2.05) is 12.3 Å². The van der Waals surface area contributed by atoms with E-state index in [0.29, 0.717) is 0 Å². The van der Waals surface area contributed by atoms with Gasteiger partial charge in [0.1, 0.15) is 5.82 Å². The number of benzene rings is 4. The molecule has 5 rings (SSSR count). The third-order valence-corrected chi connectivity index (χ3v) is 4.65. The summed E-state index contributed by atoms with van der Waals surface area (Å²) in [5, 5.41) is 11.2. The third-order valence-electron chi connectivity index (χ3n) is 4.65. The second-order valence-corrected chi connectivity index (χ2v) is 6.35. The topological polar surface area (TPSA) is 24.9 Å². The summed E-state index contributed by atoms with van der Waals surface area (Å²) in [7, 11) is 0. The molecular formula is C22H16N2. The van der Waals surface area contributed by atoms with Crippen molar-refractivity contribution in [1.29, 1.82) is 0 Å². The predicted molar refractivity (Wildman–Crippen MR) is 102 cm³/mol. The molecule has 114 valence electrons. The van der Waals surface area contributed by atoms with Crippen molar-refractivity contribution in [2.75, 3.05) is 5.32 Å². The minimum absolute atomic E-state index is 0.878. The first-order chi connectivity index (χ1) is 11.8. The maximum Gasteiger partial charge on any atom is 0.130 e. The van der Waals surface area contributed by atoms with Crippen LogP contribution in [0.1, 0.15) is 5.56 Å². The summed E-state index contributed by atoms with van der Waals surface area (Å²) in [6.45, 7) is 2.08. The summed E-state index contributed by atoms with van der Waals surface area (Å²) in [6, 6.07) is 23.8. The van der Waals surface area contributed by atoms with E-state index in [1.54, 1.807) is 0 Å². The smallest absolute Gasteiger partial charge is 0.130 e. The van der Waals surface area contributed by atoms with Gasteiger partial charge in [-0.1, -0.05) is 42.5 Å². The fourth-order valence-corrected chi connectivity index (χ4v) is 3.58. The lowest BCUT2D eigenvalue weighted by molar-refractivity contribution is 1.27. The fourth-order valence-electron chi connectivity index (χ4n) is 3.58. The van der Waals surface area contributed by atoms with E-state index < -0.39 is 0 Å². The molecule has 2 nitrogen and oxygen atoms in total. The van der Waals surface area contributed by atoms with E-state index in [2.05, 4.69) is 77.9 Å². The molecule has 4 aromatic carbocycles. The lowest BCUT2D eigenvalue weighted by Gasteiger charge is -2.13. The molecule has 0 fully saturated rings. The van der Waals surface area contributed by atoms with Crippen LogP contribution in [0.5, 0.6) is 0 Å². The summed E-state index contributed by atoms with van der Waals surface area (Å²) in [5.41, 5.74) is 2.27. The van der Waals surface area contributed by atoms with E-state index in [1.165, 1.54) is 37.9 Å². The molecule has 0 aliphatic carbocycles. The molecule has 1 aromatic heterocycles. The van der Waals surface area contributed by atoms with Gasteiger partial charge in [0.2, 0.25) is 0 Å². The van der Waals surface area contributed by atoms with Gasteiger partial charge in [0.25, 0.3) is 0 Å². The Labute approximate surface area is 140 Å². The van der Waals surface area contributed by atoms with Gasteiger partial charge < -0.3 is 5.32 Å². The van der Waals surface area contributed by atoms with Crippen molar-refractivity contribution in [3.8, 4) is 0 Å². The van der Waals surface area contributed by atoms with Crippen molar-refractivity contribution in [2.24, 2.45) is 0 Å². The van der Waals surface area contributed by atoms with Crippen molar-refractivity contribution >= 4 is 43.8 Å². The molecule has 0 saturated carbocycles. The number of hydrogen-bond donors (Lipinski definition) is 1. The zero-order chi connectivity index (χ0) is 16.1. The highest BCUT2D eigenvalue weighted by molar-refractivity contribution is 6.23. The molecule has 0 radical (unpaired) electrons. The van der Waals surface area contributed by atoms with Crippen LogP contribution in [-0.4, -0.2) is 4.98 Å². The first-order valence-corrected chi connectivity index (χ1v) is 8.15. The Morgan fingerprint density at radius 1 is 0.708 bits per heavy atom. The lowest BCUT2D eigenvalue weighted by atomic mass is 9.94. The maximum absolute atomic E-state index is 4.40. The van der Waals surface area contributed by atoms with E-state index in [9.17, 15) is 0 Å². The molecule has 0 aliphatic heterocycles. The number of nitrogens with zero attached hydrogens (tertiary/aromatic N) is 1. The molecule has 2 heteroatoms. The Balaban J connectivity index is 1.74. The third kappa shape index (κ3) is 2.00. The standard InChI is InChI=1S/C22H16N2/c1-14-9-10-23-20(11-14)24-19-12-17-7-5-15-3-2-4-16-6-8-18(13-19)22(17)21(15)16/h2-13H,1H3,(H,23,24). The van der Waals surface area contributed by atoms with Crippen LogP contribution < -0.4 is 5.32 Å².